The van der Waals surface area contributed by atoms with Crippen molar-refractivity contribution in [2.45, 2.75) is 25.8 Å². The van der Waals surface area contributed by atoms with Gasteiger partial charge in [0.15, 0.2) is 23.0 Å². The summed E-state index contributed by atoms with van der Waals surface area (Å²) in [5.74, 6) is -1.23. The van der Waals surface area contributed by atoms with Gasteiger partial charge in [-0.1, -0.05) is 54.6 Å². The Balaban J connectivity index is 1.36. The van der Waals surface area contributed by atoms with Crippen LogP contribution in [0, 0.1) is 0 Å². The summed E-state index contributed by atoms with van der Waals surface area (Å²) < 4.78 is 0. The van der Waals surface area contributed by atoms with E-state index < -0.39 is 0 Å². The Morgan fingerprint density at radius 3 is 2.30 bits per heavy atom. The van der Waals surface area contributed by atoms with Crippen molar-refractivity contribution in [2.75, 3.05) is 6.54 Å². The number of aryl methyl sites for hydroxylation is 1. The first-order chi connectivity index (χ1) is 19.4. The van der Waals surface area contributed by atoms with Crippen molar-refractivity contribution in [1.29, 1.82) is 0 Å². The molecule has 0 unspecified atom stereocenters. The summed E-state index contributed by atoms with van der Waals surface area (Å²) in [6.07, 6.45) is 8.96. The SMILES string of the molecule is Oc1ccc(C=Cc2c(CCc3ccc(CNCCc4cnc[nH]4)cc3)c(O)c(O)c3c(O)cccc23)cc1O. The molecule has 0 amide bonds. The van der Waals surface area contributed by atoms with Crippen LogP contribution < -0.4 is 5.32 Å². The highest BCUT2D eigenvalue weighted by Gasteiger charge is 2.19. The number of rotatable bonds is 10. The molecule has 4 aromatic carbocycles. The molecule has 204 valence electrons. The molecule has 0 spiro atoms. The van der Waals surface area contributed by atoms with Gasteiger partial charge >= 0.3 is 0 Å². The first-order valence-electron chi connectivity index (χ1n) is 13.0. The maximum atomic E-state index is 11.0. The van der Waals surface area contributed by atoms with E-state index in [-0.39, 0.29) is 34.1 Å². The van der Waals surface area contributed by atoms with Gasteiger partial charge < -0.3 is 35.8 Å². The minimum atomic E-state index is -0.362. The van der Waals surface area contributed by atoms with Crippen molar-refractivity contribution in [3.05, 3.63) is 107 Å². The molecule has 0 aliphatic carbocycles. The van der Waals surface area contributed by atoms with E-state index in [1.165, 1.54) is 18.2 Å². The van der Waals surface area contributed by atoms with E-state index in [0.717, 1.165) is 36.3 Å². The molecule has 0 aliphatic rings. The van der Waals surface area contributed by atoms with Crippen molar-refractivity contribution in [2.24, 2.45) is 0 Å². The number of nitrogens with one attached hydrogen (secondary N) is 2. The molecular weight excluding hydrogens is 506 g/mol. The average Bonchev–Trinajstić information content (AvgIpc) is 3.48. The van der Waals surface area contributed by atoms with Crippen LogP contribution in [0.3, 0.4) is 0 Å². The van der Waals surface area contributed by atoms with Crippen LogP contribution in [0.15, 0.2) is 73.2 Å². The standard InChI is InChI=1S/C32H31N3O5/c36-27-13-10-21(16-29(27)38)9-11-24-25-2-1-3-28(37)30(25)32(40)31(39)26(24)12-8-20-4-6-22(7-5-20)17-33-15-14-23-18-34-19-35-23/h1-7,9-11,13,16,18-19,33,36-40H,8,12,14-15,17H2,(H,34,35). The van der Waals surface area contributed by atoms with Gasteiger partial charge in [-0.15, -0.1) is 0 Å². The van der Waals surface area contributed by atoms with Gasteiger partial charge in [-0.3, -0.25) is 0 Å². The number of hydrogen-bond acceptors (Lipinski definition) is 7. The zero-order chi connectivity index (χ0) is 28.1. The number of H-pyrrole nitrogens is 1. The Bertz CT molecular complexity index is 1640. The van der Waals surface area contributed by atoms with E-state index in [2.05, 4.69) is 39.6 Å². The van der Waals surface area contributed by atoms with Crippen LogP contribution in [0.4, 0.5) is 0 Å². The second-order valence-electron chi connectivity index (χ2n) is 9.69. The fourth-order valence-corrected chi connectivity index (χ4v) is 4.80. The fourth-order valence-electron chi connectivity index (χ4n) is 4.80. The van der Waals surface area contributed by atoms with Gasteiger partial charge in [-0.05, 0) is 58.7 Å². The minimum Gasteiger partial charge on any atom is -0.507 e. The van der Waals surface area contributed by atoms with Gasteiger partial charge in [0.2, 0.25) is 0 Å². The van der Waals surface area contributed by atoms with Gasteiger partial charge in [0, 0.05) is 37.0 Å². The van der Waals surface area contributed by atoms with Crippen LogP contribution in [0.5, 0.6) is 28.7 Å². The lowest BCUT2D eigenvalue weighted by molar-refractivity contribution is 0.401. The summed E-state index contributed by atoms with van der Waals surface area (Å²) in [5, 5.41) is 55.9. The van der Waals surface area contributed by atoms with Crippen molar-refractivity contribution in [3.8, 4) is 28.7 Å². The molecule has 0 aliphatic heterocycles. The highest BCUT2D eigenvalue weighted by Crippen LogP contribution is 2.45. The molecule has 5 rings (SSSR count). The molecule has 0 bridgehead atoms. The number of phenols is 5. The van der Waals surface area contributed by atoms with Crippen LogP contribution in [0.25, 0.3) is 22.9 Å². The van der Waals surface area contributed by atoms with Gasteiger partial charge in [-0.25, -0.2) is 4.98 Å². The van der Waals surface area contributed by atoms with Gasteiger partial charge in [0.1, 0.15) is 5.75 Å². The monoisotopic (exact) mass is 537 g/mol. The number of fused-ring (bicyclic) bond motifs is 1. The predicted octanol–water partition coefficient (Wildman–Crippen LogP) is 5.38. The van der Waals surface area contributed by atoms with Crippen molar-refractivity contribution in [3.63, 3.8) is 0 Å². The predicted molar refractivity (Wildman–Crippen MR) is 155 cm³/mol. The Hall–Kier alpha value is -4.95. The van der Waals surface area contributed by atoms with E-state index in [4.69, 9.17) is 0 Å². The Morgan fingerprint density at radius 2 is 1.55 bits per heavy atom. The number of aromatic amines is 1. The molecular formula is C32H31N3O5. The number of imidazole rings is 1. The zero-order valence-corrected chi connectivity index (χ0v) is 21.8. The van der Waals surface area contributed by atoms with E-state index >= 15 is 0 Å². The summed E-state index contributed by atoms with van der Waals surface area (Å²) in [6, 6.07) is 17.7. The summed E-state index contributed by atoms with van der Waals surface area (Å²) >= 11 is 0. The number of phenolic OH excluding ortho intramolecular Hbond substituents is 5. The highest BCUT2D eigenvalue weighted by molar-refractivity contribution is 6.03. The third-order valence-electron chi connectivity index (χ3n) is 6.99. The molecule has 1 heterocycles. The summed E-state index contributed by atoms with van der Waals surface area (Å²) in [5.41, 5.74) is 5.16. The number of hydrogen-bond donors (Lipinski definition) is 7. The van der Waals surface area contributed by atoms with Crippen LogP contribution in [-0.2, 0) is 25.8 Å². The van der Waals surface area contributed by atoms with E-state index in [0.29, 0.717) is 34.9 Å². The molecule has 40 heavy (non-hydrogen) atoms. The smallest absolute Gasteiger partial charge is 0.169 e. The molecule has 1 aromatic heterocycles. The molecule has 0 saturated carbocycles. The summed E-state index contributed by atoms with van der Waals surface area (Å²) in [4.78, 5) is 7.12. The number of benzene rings is 4. The molecule has 8 nitrogen and oxygen atoms in total. The van der Waals surface area contributed by atoms with E-state index in [9.17, 15) is 25.5 Å². The summed E-state index contributed by atoms with van der Waals surface area (Å²) in [6.45, 7) is 1.59. The van der Waals surface area contributed by atoms with Crippen LogP contribution in [0.1, 0.15) is 33.5 Å². The zero-order valence-electron chi connectivity index (χ0n) is 21.8. The van der Waals surface area contributed by atoms with Crippen LogP contribution in [0.2, 0.25) is 0 Å². The molecule has 0 atom stereocenters. The molecule has 5 aromatic rings. The Kier molecular flexibility index (Phi) is 7.89. The lowest BCUT2D eigenvalue weighted by Crippen LogP contribution is -2.16. The first kappa shape index (κ1) is 26.6. The van der Waals surface area contributed by atoms with Gasteiger partial charge in [0.25, 0.3) is 0 Å². The number of aromatic hydroxyl groups is 5. The molecule has 0 radical (unpaired) electrons. The largest absolute Gasteiger partial charge is 0.507 e. The minimum absolute atomic E-state index is 0.137. The second kappa shape index (κ2) is 11.8. The van der Waals surface area contributed by atoms with Crippen LogP contribution in [-0.4, -0.2) is 42.0 Å². The third kappa shape index (κ3) is 5.87. The van der Waals surface area contributed by atoms with Crippen molar-refractivity contribution < 1.29 is 25.5 Å². The quantitative estimate of drug-likeness (QED) is 0.0720. The van der Waals surface area contributed by atoms with E-state index in [1.54, 1.807) is 36.7 Å². The maximum absolute atomic E-state index is 11.0. The number of nitrogens with zero attached hydrogens (tertiary/aromatic N) is 1. The molecule has 0 saturated heterocycles. The molecule has 0 fully saturated rings. The topological polar surface area (TPSA) is 142 Å². The van der Waals surface area contributed by atoms with Crippen LogP contribution >= 0.6 is 0 Å². The maximum Gasteiger partial charge on any atom is 0.169 e. The Morgan fingerprint density at radius 1 is 0.750 bits per heavy atom. The Labute approximate surface area is 231 Å². The lowest BCUT2D eigenvalue weighted by atomic mass is 9.91. The first-order valence-corrected chi connectivity index (χ1v) is 13.0. The summed E-state index contributed by atoms with van der Waals surface area (Å²) in [7, 11) is 0. The van der Waals surface area contributed by atoms with Crippen molar-refractivity contribution >= 4 is 22.9 Å². The number of aromatic nitrogens is 2. The highest BCUT2D eigenvalue weighted by atomic mass is 16.3. The lowest BCUT2D eigenvalue weighted by Gasteiger charge is -2.16. The third-order valence-corrected chi connectivity index (χ3v) is 6.99. The normalized spacial score (nSPS) is 11.5. The average molecular weight is 538 g/mol. The van der Waals surface area contributed by atoms with Crippen molar-refractivity contribution in [1.82, 2.24) is 15.3 Å². The van der Waals surface area contributed by atoms with Gasteiger partial charge in [0.05, 0.1) is 11.7 Å². The van der Waals surface area contributed by atoms with E-state index in [1.807, 2.05) is 6.20 Å². The fraction of sp³-hybridized carbons (Fsp3) is 0.156. The van der Waals surface area contributed by atoms with Gasteiger partial charge in [-0.2, -0.15) is 0 Å². The molecule has 7 N–H and O–H groups in total. The molecule has 8 heteroatoms. The second-order valence-corrected chi connectivity index (χ2v) is 9.69.